The minimum absolute atomic E-state index is 0.366. The molecular formula is C10H14Cl2N2O. The molecule has 0 atom stereocenters. The van der Waals surface area contributed by atoms with Gasteiger partial charge in [0.15, 0.2) is 0 Å². The Morgan fingerprint density at radius 3 is 2.80 bits per heavy atom. The highest BCUT2D eigenvalue weighted by Gasteiger charge is 2.03. The van der Waals surface area contributed by atoms with Gasteiger partial charge in [0, 0.05) is 24.7 Å². The van der Waals surface area contributed by atoms with Crippen molar-refractivity contribution in [3.63, 3.8) is 0 Å². The van der Waals surface area contributed by atoms with Crippen LogP contribution in [0.5, 0.6) is 5.88 Å². The summed E-state index contributed by atoms with van der Waals surface area (Å²) >= 11 is 11.6. The fraction of sp³-hybridized carbons (Fsp3) is 0.500. The number of rotatable bonds is 5. The monoisotopic (exact) mass is 248 g/mol. The van der Waals surface area contributed by atoms with Crippen molar-refractivity contribution in [2.24, 2.45) is 0 Å². The van der Waals surface area contributed by atoms with Crippen molar-refractivity contribution < 1.29 is 4.74 Å². The van der Waals surface area contributed by atoms with Crippen LogP contribution in [0.25, 0.3) is 0 Å². The fourth-order valence-corrected chi connectivity index (χ4v) is 1.43. The summed E-state index contributed by atoms with van der Waals surface area (Å²) in [6, 6.07) is 1.77. The molecule has 1 heterocycles. The molecule has 1 aromatic heterocycles. The molecule has 0 radical (unpaired) electrons. The lowest BCUT2D eigenvalue weighted by molar-refractivity contribution is 0.254. The first kappa shape index (κ1) is 12.6. The topological polar surface area (TPSA) is 25.4 Å². The van der Waals surface area contributed by atoms with E-state index < -0.39 is 0 Å². The van der Waals surface area contributed by atoms with Gasteiger partial charge in [0.25, 0.3) is 0 Å². The first-order valence-corrected chi connectivity index (χ1v) is 5.52. The Morgan fingerprint density at radius 1 is 1.47 bits per heavy atom. The minimum Gasteiger partial charge on any atom is -0.476 e. The fourth-order valence-electron chi connectivity index (χ4n) is 0.973. The summed E-state index contributed by atoms with van der Waals surface area (Å²) in [4.78, 5) is 6.09. The maximum atomic E-state index is 5.87. The number of pyridine rings is 1. The van der Waals surface area contributed by atoms with E-state index in [1.54, 1.807) is 12.3 Å². The smallest absolute Gasteiger partial charge is 0.213 e. The molecule has 1 aromatic rings. The van der Waals surface area contributed by atoms with Gasteiger partial charge in [0.05, 0.1) is 5.02 Å². The maximum absolute atomic E-state index is 5.87. The van der Waals surface area contributed by atoms with Crippen molar-refractivity contribution in [3.8, 4) is 5.88 Å². The maximum Gasteiger partial charge on any atom is 0.213 e. The zero-order valence-corrected chi connectivity index (χ0v) is 10.3. The zero-order valence-electron chi connectivity index (χ0n) is 8.83. The first-order chi connectivity index (χ1) is 7.13. The lowest BCUT2D eigenvalue weighted by Gasteiger charge is -2.10. The summed E-state index contributed by atoms with van der Waals surface area (Å²) < 4.78 is 5.44. The number of nitrogens with zero attached hydrogens (tertiary/aromatic N) is 2. The first-order valence-electron chi connectivity index (χ1n) is 4.61. The van der Waals surface area contributed by atoms with Gasteiger partial charge in [-0.05, 0) is 19.7 Å². The molecule has 0 unspecified atom stereocenters. The molecule has 1 rings (SSSR count). The average molecular weight is 249 g/mol. The highest BCUT2D eigenvalue weighted by molar-refractivity contribution is 6.32. The number of hydrogen-bond acceptors (Lipinski definition) is 3. The predicted octanol–water partition coefficient (Wildman–Crippen LogP) is 2.41. The van der Waals surface area contributed by atoms with Crippen LogP contribution >= 0.6 is 23.2 Å². The SMILES string of the molecule is CN(C)CCOc1cc(CCl)c(Cl)cn1. The molecule has 0 saturated carbocycles. The predicted molar refractivity (Wildman–Crippen MR) is 62.9 cm³/mol. The van der Waals surface area contributed by atoms with Gasteiger partial charge in [0.1, 0.15) is 6.61 Å². The number of likely N-dealkylation sites (N-methyl/N-ethyl adjacent to an activating group) is 1. The van der Waals surface area contributed by atoms with E-state index >= 15 is 0 Å². The van der Waals surface area contributed by atoms with Crippen LogP contribution in [-0.4, -0.2) is 37.1 Å². The van der Waals surface area contributed by atoms with Gasteiger partial charge in [-0.1, -0.05) is 11.6 Å². The van der Waals surface area contributed by atoms with Gasteiger partial charge in [-0.15, -0.1) is 11.6 Å². The second kappa shape index (κ2) is 6.16. The zero-order chi connectivity index (χ0) is 11.3. The quantitative estimate of drug-likeness (QED) is 0.749. The van der Waals surface area contributed by atoms with E-state index in [1.807, 2.05) is 19.0 Å². The number of alkyl halides is 1. The molecule has 84 valence electrons. The van der Waals surface area contributed by atoms with Crippen molar-refractivity contribution in [3.05, 3.63) is 22.8 Å². The lowest BCUT2D eigenvalue weighted by atomic mass is 10.3. The third-order valence-corrected chi connectivity index (χ3v) is 2.47. The van der Waals surface area contributed by atoms with Gasteiger partial charge in [-0.25, -0.2) is 4.98 Å². The molecule has 3 nitrogen and oxygen atoms in total. The molecule has 0 amide bonds. The van der Waals surface area contributed by atoms with Gasteiger partial charge < -0.3 is 9.64 Å². The van der Waals surface area contributed by atoms with Crippen LogP contribution in [0.1, 0.15) is 5.56 Å². The molecule has 0 aliphatic carbocycles. The van der Waals surface area contributed by atoms with Gasteiger partial charge in [-0.2, -0.15) is 0 Å². The summed E-state index contributed by atoms with van der Waals surface area (Å²) in [6.45, 7) is 1.45. The third kappa shape index (κ3) is 4.24. The Labute approximate surface area is 100.0 Å². The van der Waals surface area contributed by atoms with E-state index in [4.69, 9.17) is 27.9 Å². The standard InChI is InChI=1S/C10H14Cl2N2O/c1-14(2)3-4-15-10-5-8(6-11)9(12)7-13-10/h5,7H,3-4,6H2,1-2H3. The van der Waals surface area contributed by atoms with Crippen molar-refractivity contribution in [2.75, 3.05) is 27.2 Å². The van der Waals surface area contributed by atoms with Crippen LogP contribution in [0.4, 0.5) is 0 Å². The molecule has 0 aliphatic rings. The van der Waals surface area contributed by atoms with Crippen molar-refractivity contribution >= 4 is 23.2 Å². The summed E-state index contributed by atoms with van der Waals surface area (Å²) in [6.07, 6.45) is 1.56. The van der Waals surface area contributed by atoms with E-state index in [2.05, 4.69) is 4.98 Å². The van der Waals surface area contributed by atoms with Crippen LogP contribution in [0.15, 0.2) is 12.3 Å². The Kier molecular flexibility index (Phi) is 5.15. The van der Waals surface area contributed by atoms with Gasteiger partial charge in [0.2, 0.25) is 5.88 Å². The summed E-state index contributed by atoms with van der Waals surface area (Å²) in [5, 5.41) is 0.574. The molecule has 0 aromatic carbocycles. The Bertz CT molecular complexity index is 318. The van der Waals surface area contributed by atoms with Crippen LogP contribution in [0.2, 0.25) is 5.02 Å². The largest absolute Gasteiger partial charge is 0.476 e. The van der Waals surface area contributed by atoms with E-state index in [0.717, 1.165) is 12.1 Å². The second-order valence-corrected chi connectivity index (χ2v) is 4.07. The molecule has 0 spiro atoms. The number of hydrogen-bond donors (Lipinski definition) is 0. The molecule has 0 bridgehead atoms. The normalized spacial score (nSPS) is 10.7. The van der Waals surface area contributed by atoms with E-state index in [9.17, 15) is 0 Å². The summed E-state index contributed by atoms with van der Waals surface area (Å²) in [7, 11) is 3.98. The van der Waals surface area contributed by atoms with Crippen LogP contribution < -0.4 is 4.74 Å². The number of ether oxygens (including phenoxy) is 1. The molecule has 0 aliphatic heterocycles. The Hall–Kier alpha value is -0.510. The minimum atomic E-state index is 0.366. The molecular weight excluding hydrogens is 235 g/mol. The van der Waals surface area contributed by atoms with Crippen LogP contribution in [-0.2, 0) is 5.88 Å². The summed E-state index contributed by atoms with van der Waals surface area (Å²) in [5.41, 5.74) is 0.841. The second-order valence-electron chi connectivity index (χ2n) is 3.40. The Morgan fingerprint density at radius 2 is 2.20 bits per heavy atom. The highest BCUT2D eigenvalue weighted by atomic mass is 35.5. The van der Waals surface area contributed by atoms with Crippen LogP contribution in [0, 0.1) is 0 Å². The third-order valence-electron chi connectivity index (χ3n) is 1.84. The van der Waals surface area contributed by atoms with Gasteiger partial charge in [-0.3, -0.25) is 0 Å². The number of halogens is 2. The van der Waals surface area contributed by atoms with E-state index in [0.29, 0.717) is 23.4 Å². The molecule has 0 fully saturated rings. The molecule has 15 heavy (non-hydrogen) atoms. The van der Waals surface area contributed by atoms with Crippen molar-refractivity contribution in [2.45, 2.75) is 5.88 Å². The molecule has 5 heteroatoms. The van der Waals surface area contributed by atoms with Crippen molar-refractivity contribution in [1.82, 2.24) is 9.88 Å². The lowest BCUT2D eigenvalue weighted by Crippen LogP contribution is -2.19. The van der Waals surface area contributed by atoms with E-state index in [-0.39, 0.29) is 0 Å². The summed E-state index contributed by atoms with van der Waals surface area (Å²) in [5.74, 6) is 0.933. The Balaban J connectivity index is 2.54. The highest BCUT2D eigenvalue weighted by Crippen LogP contribution is 2.20. The van der Waals surface area contributed by atoms with E-state index in [1.165, 1.54) is 0 Å². The molecule has 0 saturated heterocycles. The number of aromatic nitrogens is 1. The molecule has 0 N–H and O–H groups in total. The van der Waals surface area contributed by atoms with Gasteiger partial charge >= 0.3 is 0 Å². The van der Waals surface area contributed by atoms with Crippen molar-refractivity contribution in [1.29, 1.82) is 0 Å². The van der Waals surface area contributed by atoms with Crippen LogP contribution in [0.3, 0.4) is 0 Å². The average Bonchev–Trinajstić information content (AvgIpc) is 2.20.